The van der Waals surface area contributed by atoms with Crippen molar-refractivity contribution in [3.8, 4) is 23.3 Å². The Morgan fingerprint density at radius 1 is 0.438 bits per heavy atom. The summed E-state index contributed by atoms with van der Waals surface area (Å²) in [4.78, 5) is 0. The van der Waals surface area contributed by atoms with Gasteiger partial charge in [-0.2, -0.15) is 0 Å². The van der Waals surface area contributed by atoms with Crippen LogP contribution >= 0.6 is 0 Å². The summed E-state index contributed by atoms with van der Waals surface area (Å²) in [6, 6.07) is 32.6. The van der Waals surface area contributed by atoms with E-state index in [1.807, 2.05) is 72.8 Å². The van der Waals surface area contributed by atoms with Crippen LogP contribution in [-0.2, 0) is 0 Å². The van der Waals surface area contributed by atoms with Crippen molar-refractivity contribution in [1.82, 2.24) is 0 Å². The van der Waals surface area contributed by atoms with E-state index in [-0.39, 0.29) is 0 Å². The minimum Gasteiger partial charge on any atom is -0.497 e. The molecule has 4 aromatic carbocycles. The molecular formula is C28H26N2O2+2. The molecule has 4 rings (SSSR count). The summed E-state index contributed by atoms with van der Waals surface area (Å²) in [5, 5.41) is 4.27. The van der Waals surface area contributed by atoms with Crippen LogP contribution in [0, 0.1) is 11.8 Å². The number of methoxy groups -OCH3 is 2. The van der Waals surface area contributed by atoms with Crippen LogP contribution in [0.25, 0.3) is 0 Å². The summed E-state index contributed by atoms with van der Waals surface area (Å²) in [6.07, 6.45) is 0. The molecule has 32 heavy (non-hydrogen) atoms. The average Bonchev–Trinajstić information content (AvgIpc) is 2.85. The van der Waals surface area contributed by atoms with Crippen LogP contribution in [-0.4, -0.2) is 14.2 Å². The van der Waals surface area contributed by atoms with Gasteiger partial charge in [-0.3, -0.25) is 10.6 Å². The molecule has 0 aliphatic carbocycles. The third-order valence-electron chi connectivity index (χ3n) is 5.07. The molecule has 0 aliphatic heterocycles. The first-order chi connectivity index (χ1) is 15.7. The van der Waals surface area contributed by atoms with E-state index < -0.39 is 0 Å². The zero-order valence-corrected chi connectivity index (χ0v) is 18.2. The fourth-order valence-corrected chi connectivity index (χ4v) is 3.25. The van der Waals surface area contributed by atoms with Crippen molar-refractivity contribution < 1.29 is 20.1 Å². The molecule has 4 N–H and O–H groups in total. The third-order valence-corrected chi connectivity index (χ3v) is 5.07. The highest BCUT2D eigenvalue weighted by molar-refractivity contribution is 5.48. The summed E-state index contributed by atoms with van der Waals surface area (Å²) >= 11 is 0. The van der Waals surface area contributed by atoms with Crippen molar-refractivity contribution in [2.45, 2.75) is 0 Å². The van der Waals surface area contributed by atoms with Crippen LogP contribution in [0.4, 0.5) is 22.7 Å². The fourth-order valence-electron chi connectivity index (χ4n) is 3.25. The highest BCUT2D eigenvalue weighted by Gasteiger charge is 2.02. The van der Waals surface area contributed by atoms with Gasteiger partial charge in [-0.05, 0) is 48.5 Å². The predicted octanol–water partition coefficient (Wildman–Crippen LogP) is 4.16. The molecule has 0 fully saturated rings. The Balaban J connectivity index is 1.36. The first-order valence-corrected chi connectivity index (χ1v) is 10.4. The van der Waals surface area contributed by atoms with Gasteiger partial charge in [-0.25, -0.2) is 0 Å². The van der Waals surface area contributed by atoms with Crippen LogP contribution in [0.3, 0.4) is 0 Å². The highest BCUT2D eigenvalue weighted by Crippen LogP contribution is 2.14. The van der Waals surface area contributed by atoms with Crippen LogP contribution < -0.4 is 20.1 Å². The number of rotatable bonds is 6. The van der Waals surface area contributed by atoms with Gasteiger partial charge in [0.15, 0.2) is 0 Å². The van der Waals surface area contributed by atoms with Crippen LogP contribution in [0.1, 0.15) is 11.1 Å². The molecule has 4 nitrogen and oxygen atoms in total. The van der Waals surface area contributed by atoms with Gasteiger partial charge >= 0.3 is 0 Å². The Hall–Kier alpha value is -4.04. The molecule has 0 saturated carbocycles. The van der Waals surface area contributed by atoms with Gasteiger partial charge in [0.2, 0.25) is 0 Å². The molecule has 0 atom stereocenters. The van der Waals surface area contributed by atoms with E-state index in [0.717, 1.165) is 45.4 Å². The molecule has 0 radical (unpaired) electrons. The lowest BCUT2D eigenvalue weighted by Gasteiger charge is -2.02. The Bertz CT molecular complexity index is 1110. The Labute approximate surface area is 188 Å². The van der Waals surface area contributed by atoms with E-state index in [0.29, 0.717) is 0 Å². The second kappa shape index (κ2) is 10.3. The molecule has 0 aliphatic rings. The molecule has 4 heteroatoms. The van der Waals surface area contributed by atoms with Crippen molar-refractivity contribution in [1.29, 1.82) is 0 Å². The largest absolute Gasteiger partial charge is 0.497 e. The fraction of sp³-hybridized carbons (Fsp3) is 0.0714. The minimum absolute atomic E-state index is 0.861. The molecule has 0 heterocycles. The van der Waals surface area contributed by atoms with Crippen molar-refractivity contribution in [3.63, 3.8) is 0 Å². The summed E-state index contributed by atoms with van der Waals surface area (Å²) < 4.78 is 10.4. The van der Waals surface area contributed by atoms with Crippen LogP contribution in [0.15, 0.2) is 97.1 Å². The standard InChI is InChI=1S/C28H24N2O2/c1-31-27-17-13-25(14-18-27)29-23-9-5-21(6-10-23)3-4-22-7-11-24(12-8-22)30-26-15-19-28(32-2)20-16-26/h5-20,29-30H,1-2H3/p+2. The topological polar surface area (TPSA) is 51.7 Å². The monoisotopic (exact) mass is 422 g/mol. The van der Waals surface area contributed by atoms with E-state index in [1.165, 1.54) is 0 Å². The maximum absolute atomic E-state index is 5.20. The quantitative estimate of drug-likeness (QED) is 0.362. The van der Waals surface area contributed by atoms with Gasteiger partial charge in [0.05, 0.1) is 14.2 Å². The lowest BCUT2D eigenvalue weighted by atomic mass is 10.1. The summed E-state index contributed by atoms with van der Waals surface area (Å²) in [5.74, 6) is 8.21. The van der Waals surface area contributed by atoms with Crippen molar-refractivity contribution in [3.05, 3.63) is 108 Å². The van der Waals surface area contributed by atoms with E-state index >= 15 is 0 Å². The Kier molecular flexibility index (Phi) is 6.84. The highest BCUT2D eigenvalue weighted by atomic mass is 16.5. The Morgan fingerprint density at radius 3 is 1.00 bits per heavy atom. The molecular weight excluding hydrogens is 396 g/mol. The van der Waals surface area contributed by atoms with Crippen LogP contribution in [0.5, 0.6) is 11.5 Å². The van der Waals surface area contributed by atoms with E-state index in [9.17, 15) is 0 Å². The van der Waals surface area contributed by atoms with Crippen LogP contribution in [0.2, 0.25) is 0 Å². The second-order valence-corrected chi connectivity index (χ2v) is 7.33. The zero-order valence-electron chi connectivity index (χ0n) is 18.2. The number of hydrogen-bond donors (Lipinski definition) is 2. The average molecular weight is 423 g/mol. The smallest absolute Gasteiger partial charge is 0.134 e. The molecule has 0 bridgehead atoms. The van der Waals surface area contributed by atoms with E-state index in [4.69, 9.17) is 9.47 Å². The predicted molar refractivity (Wildman–Crippen MR) is 127 cm³/mol. The summed E-state index contributed by atoms with van der Waals surface area (Å²) in [6.45, 7) is 0. The molecule has 0 unspecified atom stereocenters. The molecule has 0 aromatic heterocycles. The van der Waals surface area contributed by atoms with Crippen molar-refractivity contribution >= 4 is 22.7 Å². The van der Waals surface area contributed by atoms with E-state index in [1.54, 1.807) is 14.2 Å². The Morgan fingerprint density at radius 2 is 0.719 bits per heavy atom. The normalized spacial score (nSPS) is 10.2. The van der Waals surface area contributed by atoms with E-state index in [2.05, 4.69) is 46.7 Å². The van der Waals surface area contributed by atoms with Gasteiger partial charge in [-0.15, -0.1) is 0 Å². The number of quaternary nitrogens is 2. The van der Waals surface area contributed by atoms with Crippen molar-refractivity contribution in [2.75, 3.05) is 14.2 Å². The number of nitrogens with two attached hydrogens (primary N) is 2. The lowest BCUT2D eigenvalue weighted by molar-refractivity contribution is -0.479. The van der Waals surface area contributed by atoms with Crippen molar-refractivity contribution in [2.24, 2.45) is 0 Å². The number of benzene rings is 4. The van der Waals surface area contributed by atoms with Gasteiger partial charge in [0.1, 0.15) is 34.2 Å². The maximum Gasteiger partial charge on any atom is 0.134 e. The number of hydrogen-bond acceptors (Lipinski definition) is 2. The molecule has 158 valence electrons. The molecule has 0 spiro atoms. The van der Waals surface area contributed by atoms with Gasteiger partial charge < -0.3 is 9.47 Å². The maximum atomic E-state index is 5.20. The lowest BCUT2D eigenvalue weighted by Crippen LogP contribution is -2.70. The van der Waals surface area contributed by atoms with Gasteiger partial charge in [0, 0.05) is 59.7 Å². The van der Waals surface area contributed by atoms with Gasteiger partial charge in [0.25, 0.3) is 0 Å². The SMILES string of the molecule is COc1ccc([NH2+]c2ccc(C#Cc3ccc([NH2+]c4ccc(OC)cc4)cc3)cc2)cc1. The minimum atomic E-state index is 0.861. The van der Waals surface area contributed by atoms with Gasteiger partial charge in [-0.1, -0.05) is 11.8 Å². The zero-order chi connectivity index (χ0) is 22.2. The molecule has 0 saturated heterocycles. The third kappa shape index (κ3) is 5.77. The first-order valence-electron chi connectivity index (χ1n) is 10.4. The molecule has 0 amide bonds. The second-order valence-electron chi connectivity index (χ2n) is 7.33. The summed E-state index contributed by atoms with van der Waals surface area (Å²) in [7, 11) is 3.35. The first kappa shape index (κ1) is 21.2. The number of ether oxygens (including phenoxy) is 2. The molecule has 4 aromatic rings. The summed E-state index contributed by atoms with van der Waals surface area (Å²) in [5.41, 5.74) is 6.53.